The van der Waals surface area contributed by atoms with Crippen LogP contribution in [-0.4, -0.2) is 12.8 Å². The summed E-state index contributed by atoms with van der Waals surface area (Å²) < 4.78 is 10.7. The van der Waals surface area contributed by atoms with E-state index in [9.17, 15) is 0 Å². The molecule has 0 radical (unpaired) electrons. The molecular weight excluding hydrogens is 214 g/mol. The van der Waals surface area contributed by atoms with E-state index < -0.39 is 0 Å². The van der Waals surface area contributed by atoms with Crippen molar-refractivity contribution in [3.63, 3.8) is 0 Å². The molecule has 1 saturated carbocycles. The van der Waals surface area contributed by atoms with E-state index >= 15 is 0 Å². The molecule has 0 spiro atoms. The van der Waals surface area contributed by atoms with E-state index in [1.807, 2.05) is 12.1 Å². The van der Waals surface area contributed by atoms with Crippen LogP contribution in [0.2, 0.25) is 0 Å². The maximum absolute atomic E-state index is 5.39. The fourth-order valence-corrected chi connectivity index (χ4v) is 2.92. The Morgan fingerprint density at radius 3 is 3.00 bits per heavy atom. The molecule has 1 aromatic rings. The molecular formula is C14H19NO2. The third kappa shape index (κ3) is 2.06. The van der Waals surface area contributed by atoms with Crippen molar-refractivity contribution >= 4 is 5.69 Å². The fourth-order valence-electron chi connectivity index (χ4n) is 2.92. The van der Waals surface area contributed by atoms with Gasteiger partial charge in [-0.25, -0.2) is 0 Å². The second-order valence-electron chi connectivity index (χ2n) is 4.92. The molecule has 1 heterocycles. The van der Waals surface area contributed by atoms with Crippen LogP contribution in [0.5, 0.6) is 11.5 Å². The summed E-state index contributed by atoms with van der Waals surface area (Å²) >= 11 is 0. The molecule has 1 fully saturated rings. The summed E-state index contributed by atoms with van der Waals surface area (Å²) in [6.45, 7) is 2.63. The van der Waals surface area contributed by atoms with Crippen molar-refractivity contribution in [3.8, 4) is 11.5 Å². The van der Waals surface area contributed by atoms with Crippen molar-refractivity contribution in [3.05, 3.63) is 18.2 Å². The standard InChI is InChI=1S/C14H19NO2/c1-2-10-4-3-5-12(10)15-11-6-7-13-14(8-11)17-9-16-13/h6-8,10,12,15H,2-5,9H2,1H3. The van der Waals surface area contributed by atoms with Crippen molar-refractivity contribution in [2.45, 2.75) is 38.6 Å². The van der Waals surface area contributed by atoms with Crippen LogP contribution in [-0.2, 0) is 0 Å². The average molecular weight is 233 g/mol. The number of ether oxygens (including phenoxy) is 2. The predicted octanol–water partition coefficient (Wildman–Crippen LogP) is 3.41. The van der Waals surface area contributed by atoms with Crippen LogP contribution < -0.4 is 14.8 Å². The van der Waals surface area contributed by atoms with E-state index in [-0.39, 0.29) is 0 Å². The summed E-state index contributed by atoms with van der Waals surface area (Å²) in [5.41, 5.74) is 1.15. The summed E-state index contributed by atoms with van der Waals surface area (Å²) in [6, 6.07) is 6.74. The van der Waals surface area contributed by atoms with Gasteiger partial charge in [0.2, 0.25) is 6.79 Å². The Hall–Kier alpha value is -1.38. The number of anilines is 1. The van der Waals surface area contributed by atoms with E-state index in [1.54, 1.807) is 0 Å². The highest BCUT2D eigenvalue weighted by molar-refractivity contribution is 5.56. The van der Waals surface area contributed by atoms with Crippen molar-refractivity contribution in [2.75, 3.05) is 12.1 Å². The molecule has 92 valence electrons. The molecule has 2 aliphatic rings. The highest BCUT2D eigenvalue weighted by atomic mass is 16.7. The molecule has 3 heteroatoms. The summed E-state index contributed by atoms with van der Waals surface area (Å²) in [5, 5.41) is 3.64. The van der Waals surface area contributed by atoms with Gasteiger partial charge >= 0.3 is 0 Å². The minimum Gasteiger partial charge on any atom is -0.454 e. The molecule has 1 N–H and O–H groups in total. The number of hydrogen-bond donors (Lipinski definition) is 1. The molecule has 0 amide bonds. The SMILES string of the molecule is CCC1CCCC1Nc1ccc2c(c1)OCO2. The lowest BCUT2D eigenvalue weighted by Crippen LogP contribution is -2.23. The molecule has 1 aromatic carbocycles. The van der Waals surface area contributed by atoms with Gasteiger partial charge in [0.05, 0.1) is 0 Å². The van der Waals surface area contributed by atoms with Gasteiger partial charge in [0.15, 0.2) is 11.5 Å². The second kappa shape index (κ2) is 4.47. The molecule has 2 unspecified atom stereocenters. The first kappa shape index (κ1) is 10.8. The zero-order chi connectivity index (χ0) is 11.7. The minimum atomic E-state index is 0.347. The highest BCUT2D eigenvalue weighted by Gasteiger charge is 2.25. The summed E-state index contributed by atoms with van der Waals surface area (Å²) in [6.07, 6.45) is 5.26. The largest absolute Gasteiger partial charge is 0.454 e. The first-order chi connectivity index (χ1) is 8.36. The Balaban J connectivity index is 1.72. The molecule has 3 rings (SSSR count). The highest BCUT2D eigenvalue weighted by Crippen LogP contribution is 2.36. The van der Waals surface area contributed by atoms with Gasteiger partial charge in [-0.3, -0.25) is 0 Å². The molecule has 0 aromatic heterocycles. The Kier molecular flexibility index (Phi) is 2.83. The van der Waals surface area contributed by atoms with E-state index in [0.717, 1.165) is 23.1 Å². The number of benzene rings is 1. The molecule has 3 nitrogen and oxygen atoms in total. The number of hydrogen-bond acceptors (Lipinski definition) is 3. The summed E-state index contributed by atoms with van der Waals surface area (Å²) in [4.78, 5) is 0. The zero-order valence-corrected chi connectivity index (χ0v) is 10.2. The Morgan fingerprint density at radius 2 is 2.12 bits per heavy atom. The van der Waals surface area contributed by atoms with Crippen LogP contribution in [0.1, 0.15) is 32.6 Å². The minimum absolute atomic E-state index is 0.347. The summed E-state index contributed by atoms with van der Waals surface area (Å²) in [7, 11) is 0. The lowest BCUT2D eigenvalue weighted by atomic mass is 10.0. The van der Waals surface area contributed by atoms with Gasteiger partial charge in [0.1, 0.15) is 0 Å². The van der Waals surface area contributed by atoms with Crippen molar-refractivity contribution in [1.82, 2.24) is 0 Å². The van der Waals surface area contributed by atoms with Crippen LogP contribution in [0.3, 0.4) is 0 Å². The zero-order valence-electron chi connectivity index (χ0n) is 10.2. The lowest BCUT2D eigenvalue weighted by Gasteiger charge is -2.20. The van der Waals surface area contributed by atoms with Crippen molar-refractivity contribution < 1.29 is 9.47 Å². The Labute approximate surface area is 102 Å². The maximum atomic E-state index is 5.39. The van der Waals surface area contributed by atoms with Gasteiger partial charge in [-0.1, -0.05) is 19.8 Å². The second-order valence-corrected chi connectivity index (χ2v) is 4.92. The Morgan fingerprint density at radius 1 is 1.24 bits per heavy atom. The third-order valence-electron chi connectivity index (χ3n) is 3.91. The first-order valence-corrected chi connectivity index (χ1v) is 6.53. The molecule has 17 heavy (non-hydrogen) atoms. The molecule has 1 aliphatic carbocycles. The van der Waals surface area contributed by atoms with Gasteiger partial charge in [0, 0.05) is 17.8 Å². The maximum Gasteiger partial charge on any atom is 0.231 e. The number of rotatable bonds is 3. The van der Waals surface area contributed by atoms with E-state index in [2.05, 4.69) is 18.3 Å². The third-order valence-corrected chi connectivity index (χ3v) is 3.91. The summed E-state index contributed by atoms with van der Waals surface area (Å²) in [5.74, 6) is 2.54. The van der Waals surface area contributed by atoms with E-state index in [1.165, 1.54) is 25.7 Å². The fraction of sp³-hybridized carbons (Fsp3) is 0.571. The topological polar surface area (TPSA) is 30.5 Å². The van der Waals surface area contributed by atoms with Gasteiger partial charge in [-0.05, 0) is 30.9 Å². The number of fused-ring (bicyclic) bond motifs is 1. The van der Waals surface area contributed by atoms with Crippen LogP contribution in [0.15, 0.2) is 18.2 Å². The van der Waals surface area contributed by atoms with Gasteiger partial charge in [-0.15, -0.1) is 0 Å². The molecule has 1 aliphatic heterocycles. The van der Waals surface area contributed by atoms with Crippen LogP contribution >= 0.6 is 0 Å². The molecule has 2 atom stereocenters. The van der Waals surface area contributed by atoms with Gasteiger partial charge in [-0.2, -0.15) is 0 Å². The van der Waals surface area contributed by atoms with Crippen LogP contribution in [0.4, 0.5) is 5.69 Å². The lowest BCUT2D eigenvalue weighted by molar-refractivity contribution is 0.174. The van der Waals surface area contributed by atoms with E-state index in [4.69, 9.17) is 9.47 Å². The van der Waals surface area contributed by atoms with Crippen molar-refractivity contribution in [1.29, 1.82) is 0 Å². The van der Waals surface area contributed by atoms with Gasteiger partial charge < -0.3 is 14.8 Å². The van der Waals surface area contributed by atoms with E-state index in [0.29, 0.717) is 12.8 Å². The van der Waals surface area contributed by atoms with Crippen LogP contribution in [0.25, 0.3) is 0 Å². The molecule has 0 bridgehead atoms. The first-order valence-electron chi connectivity index (χ1n) is 6.53. The average Bonchev–Trinajstić information content (AvgIpc) is 2.96. The monoisotopic (exact) mass is 233 g/mol. The smallest absolute Gasteiger partial charge is 0.231 e. The van der Waals surface area contributed by atoms with Gasteiger partial charge in [0.25, 0.3) is 0 Å². The quantitative estimate of drug-likeness (QED) is 0.867. The van der Waals surface area contributed by atoms with Crippen molar-refractivity contribution in [2.24, 2.45) is 5.92 Å². The Bertz CT molecular complexity index is 405. The van der Waals surface area contributed by atoms with Crippen LogP contribution in [0, 0.1) is 5.92 Å². The number of nitrogens with one attached hydrogen (secondary N) is 1. The predicted molar refractivity (Wildman–Crippen MR) is 67.6 cm³/mol. The molecule has 0 saturated heterocycles. The normalized spacial score (nSPS) is 26.2.